The van der Waals surface area contributed by atoms with Crippen LogP contribution in [0.5, 0.6) is 0 Å². The van der Waals surface area contributed by atoms with Gasteiger partial charge in [-0.2, -0.15) is 0 Å². The highest BCUT2D eigenvalue weighted by molar-refractivity contribution is 5.82. The Morgan fingerprint density at radius 2 is 1.89 bits per heavy atom. The molecule has 18 heavy (non-hydrogen) atoms. The molecule has 2 fully saturated rings. The van der Waals surface area contributed by atoms with Gasteiger partial charge < -0.3 is 10.6 Å². The highest BCUT2D eigenvalue weighted by Gasteiger charge is 2.51. The van der Waals surface area contributed by atoms with Crippen LogP contribution in [0.1, 0.15) is 53.9 Å². The Balaban J connectivity index is 2.16. The lowest BCUT2D eigenvalue weighted by Crippen LogP contribution is -2.48. The minimum absolute atomic E-state index is 0.163. The molecule has 1 saturated heterocycles. The van der Waals surface area contributed by atoms with E-state index in [0.29, 0.717) is 16.9 Å². The zero-order valence-corrected chi connectivity index (χ0v) is 12.5. The van der Waals surface area contributed by atoms with E-state index in [2.05, 4.69) is 25.7 Å². The first-order valence-corrected chi connectivity index (χ1v) is 7.20. The predicted molar refractivity (Wildman–Crippen MR) is 74.1 cm³/mol. The summed E-state index contributed by atoms with van der Waals surface area (Å²) in [6.07, 6.45) is 3.50. The third kappa shape index (κ3) is 2.42. The van der Waals surface area contributed by atoms with Crippen LogP contribution in [0, 0.1) is 16.7 Å². The van der Waals surface area contributed by atoms with Crippen LogP contribution in [0.25, 0.3) is 0 Å². The summed E-state index contributed by atoms with van der Waals surface area (Å²) in [5.41, 5.74) is 6.70. The van der Waals surface area contributed by atoms with Gasteiger partial charge in [-0.1, -0.05) is 34.6 Å². The molecule has 0 radical (unpaired) electrons. The van der Waals surface area contributed by atoms with Crippen molar-refractivity contribution in [2.45, 2.75) is 66.0 Å². The molecule has 1 aliphatic carbocycles. The largest absolute Gasteiger partial charge is 0.338 e. The van der Waals surface area contributed by atoms with Crippen molar-refractivity contribution in [3.63, 3.8) is 0 Å². The number of carbonyl (C=O) groups is 1. The second kappa shape index (κ2) is 4.22. The molecule has 2 rings (SSSR count). The van der Waals surface area contributed by atoms with E-state index in [1.165, 1.54) is 6.42 Å². The van der Waals surface area contributed by atoms with Gasteiger partial charge in [-0.3, -0.25) is 4.79 Å². The van der Waals surface area contributed by atoms with Crippen molar-refractivity contribution in [1.82, 2.24) is 4.90 Å². The number of fused-ring (bicyclic) bond motifs is 2. The SMILES string of the molecule is CC(C)[C@H](N)C(=O)N1CC2(C)CC1CC(C)(C)C2. The van der Waals surface area contributed by atoms with Gasteiger partial charge in [0.15, 0.2) is 0 Å². The second-order valence-electron chi connectivity index (χ2n) is 7.95. The van der Waals surface area contributed by atoms with Crippen LogP contribution in [-0.2, 0) is 4.79 Å². The van der Waals surface area contributed by atoms with Crippen LogP contribution >= 0.6 is 0 Å². The fraction of sp³-hybridized carbons (Fsp3) is 0.933. The lowest BCUT2D eigenvalue weighted by molar-refractivity contribution is -0.134. The van der Waals surface area contributed by atoms with Crippen molar-refractivity contribution in [2.24, 2.45) is 22.5 Å². The van der Waals surface area contributed by atoms with Gasteiger partial charge >= 0.3 is 0 Å². The van der Waals surface area contributed by atoms with E-state index >= 15 is 0 Å². The fourth-order valence-corrected chi connectivity index (χ4v) is 4.19. The first-order valence-electron chi connectivity index (χ1n) is 7.20. The summed E-state index contributed by atoms with van der Waals surface area (Å²) in [5, 5.41) is 0. The molecule has 2 aliphatic rings. The van der Waals surface area contributed by atoms with Crippen molar-refractivity contribution in [2.75, 3.05) is 6.54 Å². The molecule has 1 heterocycles. The molecule has 3 nitrogen and oxygen atoms in total. The highest BCUT2D eigenvalue weighted by Crippen LogP contribution is 2.52. The molecular formula is C15H28N2O. The first-order chi connectivity index (χ1) is 8.14. The normalized spacial score (nSPS) is 35.9. The lowest BCUT2D eigenvalue weighted by Gasteiger charge is -2.39. The van der Waals surface area contributed by atoms with Crippen LogP contribution in [0.15, 0.2) is 0 Å². The monoisotopic (exact) mass is 252 g/mol. The number of hydrogen-bond donors (Lipinski definition) is 1. The van der Waals surface area contributed by atoms with Gasteiger partial charge in [-0.05, 0) is 36.0 Å². The van der Waals surface area contributed by atoms with E-state index in [1.807, 2.05) is 13.8 Å². The molecule has 2 bridgehead atoms. The van der Waals surface area contributed by atoms with Gasteiger partial charge in [0.2, 0.25) is 5.91 Å². The molecule has 1 saturated carbocycles. The van der Waals surface area contributed by atoms with E-state index in [1.54, 1.807) is 0 Å². The molecule has 3 heteroatoms. The molecule has 0 aromatic heterocycles. The van der Waals surface area contributed by atoms with Gasteiger partial charge in [0.1, 0.15) is 0 Å². The summed E-state index contributed by atoms with van der Waals surface area (Å²) in [7, 11) is 0. The molecule has 0 spiro atoms. The van der Waals surface area contributed by atoms with Gasteiger partial charge in [0, 0.05) is 12.6 Å². The summed E-state index contributed by atoms with van der Waals surface area (Å²) in [4.78, 5) is 14.6. The molecule has 2 unspecified atom stereocenters. The van der Waals surface area contributed by atoms with Crippen LogP contribution in [0.2, 0.25) is 0 Å². The van der Waals surface area contributed by atoms with E-state index in [0.717, 1.165) is 19.4 Å². The summed E-state index contributed by atoms with van der Waals surface area (Å²) in [6.45, 7) is 11.9. The quantitative estimate of drug-likeness (QED) is 0.820. The van der Waals surface area contributed by atoms with E-state index < -0.39 is 0 Å². The van der Waals surface area contributed by atoms with Crippen LogP contribution in [0.4, 0.5) is 0 Å². The molecular weight excluding hydrogens is 224 g/mol. The summed E-state index contributed by atoms with van der Waals surface area (Å²) >= 11 is 0. The maximum atomic E-state index is 12.5. The Bertz CT molecular complexity index is 350. The van der Waals surface area contributed by atoms with E-state index in [9.17, 15) is 4.79 Å². The number of amides is 1. The standard InChI is InChI=1S/C15H28N2O/c1-10(2)12(16)13(18)17-9-15(5)7-11(17)6-14(3,4)8-15/h10-12H,6-9,16H2,1-5H3/t11?,12-,15?/m0/s1. The van der Waals surface area contributed by atoms with Gasteiger partial charge in [0.05, 0.1) is 6.04 Å². The summed E-state index contributed by atoms with van der Waals surface area (Å²) in [5.74, 6) is 0.384. The molecule has 1 amide bonds. The Morgan fingerprint density at radius 3 is 2.44 bits per heavy atom. The maximum absolute atomic E-state index is 12.5. The smallest absolute Gasteiger partial charge is 0.240 e. The predicted octanol–water partition coefficient (Wildman–Crippen LogP) is 2.40. The van der Waals surface area contributed by atoms with Crippen molar-refractivity contribution >= 4 is 5.91 Å². The van der Waals surface area contributed by atoms with E-state index in [-0.39, 0.29) is 17.9 Å². The van der Waals surface area contributed by atoms with Crippen molar-refractivity contribution in [3.05, 3.63) is 0 Å². The number of likely N-dealkylation sites (tertiary alicyclic amines) is 1. The Labute approximate surface area is 111 Å². The lowest BCUT2D eigenvalue weighted by atomic mass is 9.65. The minimum Gasteiger partial charge on any atom is -0.338 e. The van der Waals surface area contributed by atoms with Crippen molar-refractivity contribution in [1.29, 1.82) is 0 Å². The average molecular weight is 252 g/mol. The number of hydrogen-bond acceptors (Lipinski definition) is 2. The number of nitrogens with zero attached hydrogens (tertiary/aromatic N) is 1. The third-order valence-electron chi connectivity index (χ3n) is 4.70. The van der Waals surface area contributed by atoms with Gasteiger partial charge in [0.25, 0.3) is 0 Å². The first kappa shape index (κ1) is 13.9. The molecule has 0 aromatic carbocycles. The number of carbonyl (C=O) groups excluding carboxylic acids is 1. The number of nitrogens with two attached hydrogens (primary N) is 1. The Morgan fingerprint density at radius 1 is 1.28 bits per heavy atom. The highest BCUT2D eigenvalue weighted by atomic mass is 16.2. The minimum atomic E-state index is -0.337. The summed E-state index contributed by atoms with van der Waals surface area (Å²) < 4.78 is 0. The Kier molecular flexibility index (Phi) is 3.25. The van der Waals surface area contributed by atoms with Crippen LogP contribution in [-0.4, -0.2) is 29.4 Å². The molecule has 104 valence electrons. The van der Waals surface area contributed by atoms with Crippen LogP contribution in [0.3, 0.4) is 0 Å². The van der Waals surface area contributed by atoms with Crippen molar-refractivity contribution < 1.29 is 4.79 Å². The van der Waals surface area contributed by atoms with E-state index in [4.69, 9.17) is 5.73 Å². The average Bonchev–Trinajstić information content (AvgIpc) is 2.45. The van der Waals surface area contributed by atoms with Crippen molar-refractivity contribution in [3.8, 4) is 0 Å². The zero-order chi connectivity index (χ0) is 13.7. The maximum Gasteiger partial charge on any atom is 0.240 e. The molecule has 0 aromatic rings. The van der Waals surface area contributed by atoms with Gasteiger partial charge in [-0.25, -0.2) is 0 Å². The molecule has 3 atom stereocenters. The van der Waals surface area contributed by atoms with Gasteiger partial charge in [-0.15, -0.1) is 0 Å². The summed E-state index contributed by atoms with van der Waals surface area (Å²) in [6, 6.07) is 0.0760. The fourth-order valence-electron chi connectivity index (χ4n) is 4.19. The Hall–Kier alpha value is -0.570. The molecule has 2 N–H and O–H groups in total. The third-order valence-corrected chi connectivity index (χ3v) is 4.70. The second-order valence-corrected chi connectivity index (χ2v) is 7.95. The molecule has 1 aliphatic heterocycles. The topological polar surface area (TPSA) is 46.3 Å². The van der Waals surface area contributed by atoms with Crippen LogP contribution < -0.4 is 5.73 Å². The number of rotatable bonds is 2. The zero-order valence-electron chi connectivity index (χ0n) is 12.5.